The molecule has 0 unspecified atom stereocenters. The standard InChI is InChI=1S/C20H20O5S/c1-12-15(23-11-17(21)25-20(2,3)4)8-7-14-18(22)16(24-19(12)14)10-13-6-5-9-26-13/h5-10H,11H2,1-4H3/b16-10-. The quantitative estimate of drug-likeness (QED) is 0.588. The number of carbonyl (C=O) groups excluding carboxylic acids is 2. The second-order valence-electron chi connectivity index (χ2n) is 6.90. The van der Waals surface area contributed by atoms with Crippen molar-refractivity contribution in [3.05, 3.63) is 51.4 Å². The van der Waals surface area contributed by atoms with Crippen molar-refractivity contribution in [2.45, 2.75) is 33.3 Å². The van der Waals surface area contributed by atoms with Crippen LogP contribution in [0.5, 0.6) is 11.5 Å². The van der Waals surface area contributed by atoms with Crippen LogP contribution in [0.15, 0.2) is 35.4 Å². The van der Waals surface area contributed by atoms with Crippen molar-refractivity contribution in [1.82, 2.24) is 0 Å². The zero-order valence-corrected chi connectivity index (χ0v) is 15.9. The molecule has 0 fully saturated rings. The molecule has 0 spiro atoms. The van der Waals surface area contributed by atoms with E-state index < -0.39 is 11.6 Å². The van der Waals surface area contributed by atoms with E-state index >= 15 is 0 Å². The van der Waals surface area contributed by atoms with Crippen molar-refractivity contribution in [2.24, 2.45) is 0 Å². The second-order valence-corrected chi connectivity index (χ2v) is 7.87. The van der Waals surface area contributed by atoms with Crippen molar-refractivity contribution in [3.8, 4) is 11.5 Å². The van der Waals surface area contributed by atoms with Gasteiger partial charge in [0.25, 0.3) is 0 Å². The molecule has 0 bridgehead atoms. The Bertz CT molecular complexity index is 872. The average molecular weight is 372 g/mol. The number of carbonyl (C=O) groups is 2. The van der Waals surface area contributed by atoms with Gasteiger partial charge in [-0.1, -0.05) is 6.07 Å². The Morgan fingerprint density at radius 2 is 2.04 bits per heavy atom. The van der Waals surface area contributed by atoms with E-state index in [9.17, 15) is 9.59 Å². The fourth-order valence-corrected chi connectivity index (χ4v) is 3.18. The van der Waals surface area contributed by atoms with Gasteiger partial charge >= 0.3 is 5.97 Å². The molecule has 0 aliphatic carbocycles. The maximum Gasteiger partial charge on any atom is 0.344 e. The van der Waals surface area contributed by atoms with E-state index in [4.69, 9.17) is 14.2 Å². The third-order valence-corrected chi connectivity index (χ3v) is 4.44. The molecule has 136 valence electrons. The number of Topliss-reactive ketones (excluding diaryl/α,β-unsaturated/α-hetero) is 1. The van der Waals surface area contributed by atoms with Gasteiger partial charge in [-0.05, 0) is 51.3 Å². The topological polar surface area (TPSA) is 61.8 Å². The number of ether oxygens (including phenoxy) is 3. The molecule has 1 aliphatic heterocycles. The second kappa shape index (κ2) is 6.96. The van der Waals surface area contributed by atoms with E-state index in [0.717, 1.165) is 4.88 Å². The van der Waals surface area contributed by atoms with Crippen LogP contribution < -0.4 is 9.47 Å². The first-order valence-corrected chi connectivity index (χ1v) is 9.08. The van der Waals surface area contributed by atoms with Gasteiger partial charge in [0.2, 0.25) is 5.78 Å². The van der Waals surface area contributed by atoms with Gasteiger partial charge in [-0.3, -0.25) is 4.79 Å². The Morgan fingerprint density at radius 3 is 2.69 bits per heavy atom. The van der Waals surface area contributed by atoms with Crippen molar-refractivity contribution in [1.29, 1.82) is 0 Å². The summed E-state index contributed by atoms with van der Waals surface area (Å²) >= 11 is 1.53. The van der Waals surface area contributed by atoms with Crippen LogP contribution in [0.3, 0.4) is 0 Å². The van der Waals surface area contributed by atoms with E-state index in [2.05, 4.69) is 0 Å². The summed E-state index contributed by atoms with van der Waals surface area (Å²) in [5, 5.41) is 1.94. The van der Waals surface area contributed by atoms with Crippen LogP contribution in [0.25, 0.3) is 6.08 Å². The predicted octanol–water partition coefficient (Wildman–Crippen LogP) is 4.39. The Balaban J connectivity index is 1.76. The maximum absolute atomic E-state index is 12.5. The van der Waals surface area contributed by atoms with Gasteiger partial charge < -0.3 is 14.2 Å². The van der Waals surface area contributed by atoms with Crippen LogP contribution >= 0.6 is 11.3 Å². The molecule has 6 heteroatoms. The first-order chi connectivity index (χ1) is 12.2. The van der Waals surface area contributed by atoms with Crippen LogP contribution in [-0.4, -0.2) is 24.0 Å². The normalized spacial score (nSPS) is 14.9. The molecule has 0 atom stereocenters. The highest BCUT2D eigenvalue weighted by molar-refractivity contribution is 7.10. The molecule has 0 saturated carbocycles. The monoisotopic (exact) mass is 372 g/mol. The third-order valence-electron chi connectivity index (χ3n) is 3.62. The minimum atomic E-state index is -0.565. The highest BCUT2D eigenvalue weighted by Gasteiger charge is 2.30. The third kappa shape index (κ3) is 3.96. The number of rotatable bonds is 4. The summed E-state index contributed by atoms with van der Waals surface area (Å²) in [5.74, 6) is 0.636. The number of thiophene rings is 1. The zero-order valence-electron chi connectivity index (χ0n) is 15.1. The lowest BCUT2D eigenvalue weighted by Gasteiger charge is -2.19. The maximum atomic E-state index is 12.5. The van der Waals surface area contributed by atoms with Gasteiger partial charge in [-0.15, -0.1) is 11.3 Å². The summed E-state index contributed by atoms with van der Waals surface area (Å²) in [6.07, 6.45) is 1.73. The van der Waals surface area contributed by atoms with E-state index in [1.165, 1.54) is 11.3 Å². The van der Waals surface area contributed by atoms with E-state index in [1.54, 1.807) is 45.9 Å². The predicted molar refractivity (Wildman–Crippen MR) is 99.8 cm³/mol. The summed E-state index contributed by atoms with van der Waals surface area (Å²) in [6.45, 7) is 6.98. The molecule has 1 aliphatic rings. The Morgan fingerprint density at radius 1 is 1.27 bits per heavy atom. The summed E-state index contributed by atoms with van der Waals surface area (Å²) in [4.78, 5) is 25.3. The van der Waals surface area contributed by atoms with Crippen molar-refractivity contribution < 1.29 is 23.8 Å². The number of esters is 1. The van der Waals surface area contributed by atoms with E-state index in [1.807, 2.05) is 17.5 Å². The van der Waals surface area contributed by atoms with Crippen LogP contribution in [0.2, 0.25) is 0 Å². The largest absolute Gasteiger partial charge is 0.481 e. The lowest BCUT2D eigenvalue weighted by atomic mass is 10.1. The number of hydrogen-bond acceptors (Lipinski definition) is 6. The fraction of sp³-hybridized carbons (Fsp3) is 0.300. The van der Waals surface area contributed by atoms with Crippen LogP contribution in [-0.2, 0) is 9.53 Å². The number of hydrogen-bond donors (Lipinski definition) is 0. The molecular formula is C20H20O5S. The smallest absolute Gasteiger partial charge is 0.344 e. The first kappa shape index (κ1) is 18.2. The van der Waals surface area contributed by atoms with Gasteiger partial charge in [0.05, 0.1) is 5.56 Å². The number of benzene rings is 1. The van der Waals surface area contributed by atoms with Gasteiger partial charge in [0.1, 0.15) is 17.1 Å². The van der Waals surface area contributed by atoms with E-state index in [0.29, 0.717) is 22.6 Å². The lowest BCUT2D eigenvalue weighted by molar-refractivity contribution is -0.157. The van der Waals surface area contributed by atoms with Crippen LogP contribution in [0.1, 0.15) is 41.6 Å². The van der Waals surface area contributed by atoms with Crippen molar-refractivity contribution in [3.63, 3.8) is 0 Å². The summed E-state index contributed by atoms with van der Waals surface area (Å²) < 4.78 is 16.6. The number of ketones is 1. The molecule has 0 radical (unpaired) electrons. The zero-order chi connectivity index (χ0) is 18.9. The Hall–Kier alpha value is -2.60. The Labute approximate surface area is 156 Å². The number of allylic oxidation sites excluding steroid dienone is 1. The summed E-state index contributed by atoms with van der Waals surface area (Å²) in [7, 11) is 0. The number of fused-ring (bicyclic) bond motifs is 1. The van der Waals surface area contributed by atoms with Crippen LogP contribution in [0, 0.1) is 6.92 Å². The molecule has 3 rings (SSSR count). The highest BCUT2D eigenvalue weighted by atomic mass is 32.1. The molecule has 0 N–H and O–H groups in total. The lowest BCUT2D eigenvalue weighted by Crippen LogP contribution is -2.27. The van der Waals surface area contributed by atoms with Gasteiger partial charge in [-0.2, -0.15) is 0 Å². The molecule has 2 aromatic rings. The summed E-state index contributed by atoms with van der Waals surface area (Å²) in [6, 6.07) is 7.16. The van der Waals surface area contributed by atoms with Gasteiger partial charge in [0, 0.05) is 16.5 Å². The highest BCUT2D eigenvalue weighted by Crippen LogP contribution is 2.39. The van der Waals surface area contributed by atoms with Crippen LogP contribution in [0.4, 0.5) is 0 Å². The van der Waals surface area contributed by atoms with Gasteiger partial charge in [0.15, 0.2) is 12.4 Å². The van der Waals surface area contributed by atoms with E-state index in [-0.39, 0.29) is 18.1 Å². The molecule has 26 heavy (non-hydrogen) atoms. The minimum Gasteiger partial charge on any atom is -0.481 e. The minimum absolute atomic E-state index is 0.157. The van der Waals surface area contributed by atoms with Gasteiger partial charge in [-0.25, -0.2) is 4.79 Å². The average Bonchev–Trinajstić information content (AvgIpc) is 3.15. The summed E-state index contributed by atoms with van der Waals surface area (Å²) in [5.41, 5.74) is 0.605. The molecule has 0 amide bonds. The molecular weight excluding hydrogens is 352 g/mol. The first-order valence-electron chi connectivity index (χ1n) is 8.20. The molecule has 1 aromatic heterocycles. The molecule has 0 saturated heterocycles. The Kier molecular flexibility index (Phi) is 4.87. The van der Waals surface area contributed by atoms with Crippen molar-refractivity contribution in [2.75, 3.05) is 6.61 Å². The fourth-order valence-electron chi connectivity index (χ4n) is 2.53. The molecule has 2 heterocycles. The SMILES string of the molecule is Cc1c(OCC(=O)OC(C)(C)C)ccc2c1O/C(=C\c1cccs1)C2=O. The molecule has 5 nitrogen and oxygen atoms in total. The van der Waals surface area contributed by atoms with Crippen molar-refractivity contribution >= 4 is 29.2 Å². The molecule has 1 aromatic carbocycles.